The fourth-order valence-corrected chi connectivity index (χ4v) is 2.18. The number of allylic oxidation sites excluding steroid dienone is 2. The SMILES string of the molecule is CC(C)=CCc1c(NC(=O)O)ccc2c(C)cc(=O)oc12. The van der Waals surface area contributed by atoms with Gasteiger partial charge in [0, 0.05) is 17.0 Å². The highest BCUT2D eigenvalue weighted by Crippen LogP contribution is 2.28. The third kappa shape index (κ3) is 3.31. The van der Waals surface area contributed by atoms with E-state index in [4.69, 9.17) is 9.52 Å². The molecule has 1 aromatic carbocycles. The second-order valence-corrected chi connectivity index (χ2v) is 5.13. The van der Waals surface area contributed by atoms with Crippen molar-refractivity contribution in [3.8, 4) is 0 Å². The quantitative estimate of drug-likeness (QED) is 0.666. The Bertz CT molecular complexity index is 783. The maximum absolute atomic E-state index is 11.6. The van der Waals surface area contributed by atoms with Crippen LogP contribution in [0.5, 0.6) is 0 Å². The van der Waals surface area contributed by atoms with E-state index >= 15 is 0 Å². The van der Waals surface area contributed by atoms with Gasteiger partial charge in [0.25, 0.3) is 0 Å². The van der Waals surface area contributed by atoms with Crippen LogP contribution < -0.4 is 10.9 Å². The maximum Gasteiger partial charge on any atom is 0.409 e. The van der Waals surface area contributed by atoms with Crippen LogP contribution in [0.1, 0.15) is 25.0 Å². The Kier molecular flexibility index (Phi) is 4.12. The minimum Gasteiger partial charge on any atom is -0.465 e. The molecule has 0 aliphatic rings. The van der Waals surface area contributed by atoms with Crippen LogP contribution in [0.15, 0.2) is 39.1 Å². The van der Waals surface area contributed by atoms with Crippen molar-refractivity contribution in [1.29, 1.82) is 0 Å². The monoisotopic (exact) mass is 287 g/mol. The van der Waals surface area contributed by atoms with Gasteiger partial charge in [0.1, 0.15) is 5.58 Å². The summed E-state index contributed by atoms with van der Waals surface area (Å²) in [4.78, 5) is 22.5. The number of hydrogen-bond acceptors (Lipinski definition) is 3. The normalized spacial score (nSPS) is 10.4. The second kappa shape index (κ2) is 5.83. The first kappa shape index (κ1) is 14.8. The van der Waals surface area contributed by atoms with E-state index in [2.05, 4.69) is 5.32 Å². The fourth-order valence-electron chi connectivity index (χ4n) is 2.18. The summed E-state index contributed by atoms with van der Waals surface area (Å²) in [7, 11) is 0. The van der Waals surface area contributed by atoms with Crippen molar-refractivity contribution in [3.63, 3.8) is 0 Å². The molecule has 0 fully saturated rings. The molecule has 2 aromatic rings. The Labute approximate surface area is 121 Å². The van der Waals surface area contributed by atoms with Crippen molar-refractivity contribution < 1.29 is 14.3 Å². The number of anilines is 1. The molecule has 0 unspecified atom stereocenters. The number of rotatable bonds is 3. The first-order valence-corrected chi connectivity index (χ1v) is 6.58. The number of carboxylic acid groups (broad SMARTS) is 1. The Morgan fingerprint density at radius 1 is 1.38 bits per heavy atom. The molecule has 0 spiro atoms. The number of hydrogen-bond donors (Lipinski definition) is 2. The fraction of sp³-hybridized carbons (Fsp3) is 0.250. The predicted molar refractivity (Wildman–Crippen MR) is 82.0 cm³/mol. The molecular weight excluding hydrogens is 270 g/mol. The van der Waals surface area contributed by atoms with Gasteiger partial charge in [-0.05, 0) is 44.9 Å². The molecule has 0 saturated carbocycles. The molecule has 0 bridgehead atoms. The molecule has 2 rings (SSSR count). The molecule has 0 atom stereocenters. The number of benzene rings is 1. The maximum atomic E-state index is 11.6. The van der Waals surface area contributed by atoms with Gasteiger partial charge in [-0.3, -0.25) is 5.32 Å². The van der Waals surface area contributed by atoms with Gasteiger partial charge >= 0.3 is 11.7 Å². The highest BCUT2D eigenvalue weighted by atomic mass is 16.4. The first-order chi connectivity index (χ1) is 9.88. The van der Waals surface area contributed by atoms with E-state index in [1.165, 1.54) is 6.07 Å². The Hall–Kier alpha value is -2.56. The van der Waals surface area contributed by atoms with Gasteiger partial charge in [-0.15, -0.1) is 0 Å². The van der Waals surface area contributed by atoms with Crippen LogP contribution in [0.3, 0.4) is 0 Å². The van der Waals surface area contributed by atoms with Gasteiger partial charge in [0.05, 0.1) is 5.69 Å². The summed E-state index contributed by atoms with van der Waals surface area (Å²) < 4.78 is 5.31. The number of nitrogens with one attached hydrogen (secondary N) is 1. The lowest BCUT2D eigenvalue weighted by atomic mass is 10.0. The zero-order chi connectivity index (χ0) is 15.6. The van der Waals surface area contributed by atoms with Crippen molar-refractivity contribution in [2.24, 2.45) is 0 Å². The lowest BCUT2D eigenvalue weighted by molar-refractivity contribution is 0.209. The summed E-state index contributed by atoms with van der Waals surface area (Å²) in [5.74, 6) is 0. The highest BCUT2D eigenvalue weighted by molar-refractivity contribution is 5.92. The average Bonchev–Trinajstić information content (AvgIpc) is 2.36. The van der Waals surface area contributed by atoms with Crippen LogP contribution in [0.4, 0.5) is 10.5 Å². The number of aryl methyl sites for hydroxylation is 1. The van der Waals surface area contributed by atoms with Gasteiger partial charge in [-0.25, -0.2) is 9.59 Å². The van der Waals surface area contributed by atoms with Crippen LogP contribution in [0.2, 0.25) is 0 Å². The first-order valence-electron chi connectivity index (χ1n) is 6.58. The van der Waals surface area contributed by atoms with E-state index in [9.17, 15) is 9.59 Å². The van der Waals surface area contributed by atoms with Gasteiger partial charge in [0.15, 0.2) is 0 Å². The molecule has 5 heteroatoms. The molecule has 1 aromatic heterocycles. The van der Waals surface area contributed by atoms with Crippen LogP contribution in [0, 0.1) is 6.92 Å². The van der Waals surface area contributed by atoms with Crippen molar-refractivity contribution in [2.75, 3.05) is 5.32 Å². The lowest BCUT2D eigenvalue weighted by Crippen LogP contribution is -2.10. The van der Waals surface area contributed by atoms with Gasteiger partial charge in [-0.1, -0.05) is 11.6 Å². The predicted octanol–water partition coefficient (Wildman–Crippen LogP) is 3.70. The molecule has 110 valence electrons. The highest BCUT2D eigenvalue weighted by Gasteiger charge is 2.13. The Morgan fingerprint density at radius 3 is 2.71 bits per heavy atom. The van der Waals surface area contributed by atoms with Crippen LogP contribution in [0.25, 0.3) is 11.0 Å². The Balaban J connectivity index is 2.73. The van der Waals surface area contributed by atoms with Crippen molar-refractivity contribution in [1.82, 2.24) is 0 Å². The van der Waals surface area contributed by atoms with Crippen molar-refractivity contribution in [2.45, 2.75) is 27.2 Å². The molecule has 0 aliphatic heterocycles. The van der Waals surface area contributed by atoms with Crippen LogP contribution in [-0.2, 0) is 6.42 Å². The van der Waals surface area contributed by atoms with Crippen LogP contribution in [-0.4, -0.2) is 11.2 Å². The lowest BCUT2D eigenvalue weighted by Gasteiger charge is -2.11. The molecule has 0 radical (unpaired) electrons. The summed E-state index contributed by atoms with van der Waals surface area (Å²) in [6.07, 6.45) is 1.30. The summed E-state index contributed by atoms with van der Waals surface area (Å²) in [5.41, 5.74) is 3.00. The zero-order valence-corrected chi connectivity index (χ0v) is 12.2. The summed E-state index contributed by atoms with van der Waals surface area (Å²) in [6, 6.07) is 4.87. The van der Waals surface area contributed by atoms with Crippen molar-refractivity contribution in [3.05, 3.63) is 51.4 Å². The van der Waals surface area contributed by atoms with Gasteiger partial charge in [-0.2, -0.15) is 0 Å². The summed E-state index contributed by atoms with van der Waals surface area (Å²) in [6.45, 7) is 5.74. The van der Waals surface area contributed by atoms with E-state index in [1.54, 1.807) is 12.1 Å². The third-order valence-electron chi connectivity index (χ3n) is 3.18. The molecule has 5 nitrogen and oxygen atoms in total. The van der Waals surface area contributed by atoms with Gasteiger partial charge < -0.3 is 9.52 Å². The van der Waals surface area contributed by atoms with E-state index < -0.39 is 11.7 Å². The summed E-state index contributed by atoms with van der Waals surface area (Å²) in [5, 5.41) is 12.1. The van der Waals surface area contributed by atoms with E-state index in [0.717, 1.165) is 16.5 Å². The van der Waals surface area contributed by atoms with Crippen molar-refractivity contribution >= 4 is 22.7 Å². The molecule has 0 saturated heterocycles. The zero-order valence-electron chi connectivity index (χ0n) is 12.2. The largest absolute Gasteiger partial charge is 0.465 e. The minimum absolute atomic E-state index is 0.432. The topological polar surface area (TPSA) is 79.5 Å². The molecule has 0 aliphatic carbocycles. The van der Waals surface area contributed by atoms with E-state index in [-0.39, 0.29) is 0 Å². The second-order valence-electron chi connectivity index (χ2n) is 5.13. The number of amides is 1. The van der Waals surface area contributed by atoms with Gasteiger partial charge in [0.2, 0.25) is 0 Å². The van der Waals surface area contributed by atoms with E-state index in [1.807, 2.05) is 26.8 Å². The smallest absolute Gasteiger partial charge is 0.409 e. The summed E-state index contributed by atoms with van der Waals surface area (Å²) >= 11 is 0. The Morgan fingerprint density at radius 2 is 2.10 bits per heavy atom. The van der Waals surface area contributed by atoms with Crippen LogP contribution >= 0.6 is 0 Å². The average molecular weight is 287 g/mol. The minimum atomic E-state index is -1.15. The number of carbonyl (C=O) groups is 1. The van der Waals surface area contributed by atoms with E-state index in [0.29, 0.717) is 23.3 Å². The standard InChI is InChI=1S/C16H17NO4/c1-9(2)4-5-12-13(17-16(19)20)7-6-11-10(3)8-14(18)21-15(11)12/h4,6-8,17H,5H2,1-3H3,(H,19,20). The molecular formula is C16H17NO4. The molecule has 2 N–H and O–H groups in total. The molecule has 21 heavy (non-hydrogen) atoms. The molecule has 1 amide bonds. The molecule has 1 heterocycles. The number of fused-ring (bicyclic) bond motifs is 1. The third-order valence-corrected chi connectivity index (χ3v) is 3.18.